The fourth-order valence-electron chi connectivity index (χ4n) is 2.63. The van der Waals surface area contributed by atoms with Gasteiger partial charge in [-0.15, -0.1) is 0 Å². The quantitative estimate of drug-likeness (QED) is 0.838. The summed E-state index contributed by atoms with van der Waals surface area (Å²) in [6, 6.07) is 8.98. The van der Waals surface area contributed by atoms with Gasteiger partial charge in [-0.1, -0.05) is 32.9 Å². The average Bonchev–Trinajstić information content (AvgIpc) is 2.48. The van der Waals surface area contributed by atoms with E-state index in [1.807, 2.05) is 13.0 Å². The van der Waals surface area contributed by atoms with Crippen molar-refractivity contribution >= 4 is 23.5 Å². The number of nitrogens with one attached hydrogen (secondary N) is 1. The first-order chi connectivity index (χ1) is 10.2. The molecular weight excluding hydrogens is 298 g/mol. The van der Waals surface area contributed by atoms with Crippen LogP contribution in [0.1, 0.15) is 39.3 Å². The van der Waals surface area contributed by atoms with E-state index in [9.17, 15) is 0 Å². The lowest BCUT2D eigenvalue weighted by atomic mass is 10.0. The molecule has 0 saturated carbocycles. The van der Waals surface area contributed by atoms with Crippen LogP contribution < -0.4 is 10.1 Å². The summed E-state index contributed by atoms with van der Waals surface area (Å²) in [5.74, 6) is 2.19. The molecule has 1 N–H and O–H groups in total. The van der Waals surface area contributed by atoms with Crippen molar-refractivity contribution in [1.82, 2.24) is 5.32 Å². The van der Waals surface area contributed by atoms with E-state index in [1.165, 1.54) is 11.3 Å². The molecule has 1 saturated heterocycles. The Morgan fingerprint density at radius 2 is 2.10 bits per heavy atom. The number of ether oxygens (including phenoxy) is 1. The van der Waals surface area contributed by atoms with E-state index in [4.69, 9.17) is 4.74 Å². The van der Waals surface area contributed by atoms with E-state index >= 15 is 0 Å². The van der Waals surface area contributed by atoms with Crippen LogP contribution in [0.15, 0.2) is 24.3 Å². The van der Waals surface area contributed by atoms with Gasteiger partial charge in [0.15, 0.2) is 0 Å². The largest absolute Gasteiger partial charge is 0.494 e. The number of hydrogen-bond donors (Lipinski definition) is 1. The normalized spacial score (nSPS) is 27.3. The molecule has 1 aromatic carbocycles. The highest BCUT2D eigenvalue weighted by atomic mass is 32.2. The van der Waals surface area contributed by atoms with Gasteiger partial charge in [0.25, 0.3) is 0 Å². The molecule has 2 rings (SSSR count). The van der Waals surface area contributed by atoms with Crippen LogP contribution in [-0.4, -0.2) is 34.7 Å². The van der Waals surface area contributed by atoms with Gasteiger partial charge in [0, 0.05) is 27.5 Å². The molecule has 0 radical (unpaired) electrons. The fraction of sp³-hybridized carbons (Fsp3) is 0.647. The molecule has 1 aliphatic heterocycles. The standard InChI is InChI=1S/C17H27NOS2/c1-5-18-17(16-11-20-12(3)13(4)21-16)14-8-7-9-15(10-14)19-6-2/h7-10,12-13,16-18H,5-6,11H2,1-4H3. The summed E-state index contributed by atoms with van der Waals surface area (Å²) in [5.41, 5.74) is 1.35. The van der Waals surface area contributed by atoms with E-state index in [-0.39, 0.29) is 0 Å². The summed E-state index contributed by atoms with van der Waals surface area (Å²) in [6.45, 7) is 10.6. The Bertz CT molecular complexity index is 441. The number of thioether (sulfide) groups is 2. The van der Waals surface area contributed by atoms with E-state index in [0.717, 1.165) is 24.2 Å². The summed E-state index contributed by atoms with van der Waals surface area (Å²) in [7, 11) is 0. The van der Waals surface area contributed by atoms with E-state index in [1.54, 1.807) is 0 Å². The molecule has 118 valence electrons. The number of hydrogen-bond acceptors (Lipinski definition) is 4. The fourth-order valence-corrected chi connectivity index (χ4v) is 5.75. The monoisotopic (exact) mass is 325 g/mol. The van der Waals surface area contributed by atoms with Gasteiger partial charge in [-0.3, -0.25) is 0 Å². The summed E-state index contributed by atoms with van der Waals surface area (Å²) in [5, 5.41) is 5.77. The van der Waals surface area contributed by atoms with Crippen molar-refractivity contribution in [3.63, 3.8) is 0 Å². The Kier molecular flexibility index (Phi) is 6.77. The smallest absolute Gasteiger partial charge is 0.119 e. The molecule has 0 spiro atoms. The second-order valence-corrected chi connectivity index (χ2v) is 8.49. The lowest BCUT2D eigenvalue weighted by Crippen LogP contribution is -2.37. The third-order valence-electron chi connectivity index (χ3n) is 3.90. The Hall–Kier alpha value is -0.320. The van der Waals surface area contributed by atoms with Gasteiger partial charge in [-0.25, -0.2) is 0 Å². The molecule has 2 nitrogen and oxygen atoms in total. The predicted molar refractivity (Wildman–Crippen MR) is 96.8 cm³/mol. The van der Waals surface area contributed by atoms with Crippen LogP contribution in [0, 0.1) is 0 Å². The molecule has 4 heteroatoms. The molecule has 1 aliphatic rings. The Balaban J connectivity index is 2.16. The second kappa shape index (κ2) is 8.35. The van der Waals surface area contributed by atoms with Crippen LogP contribution >= 0.6 is 23.5 Å². The van der Waals surface area contributed by atoms with Gasteiger partial charge in [0.05, 0.1) is 6.61 Å². The summed E-state index contributed by atoms with van der Waals surface area (Å²) in [4.78, 5) is 0. The number of rotatable bonds is 6. The molecule has 0 bridgehead atoms. The van der Waals surface area contributed by atoms with Crippen LogP contribution in [0.4, 0.5) is 0 Å². The van der Waals surface area contributed by atoms with Crippen LogP contribution in [0.5, 0.6) is 5.75 Å². The van der Waals surface area contributed by atoms with Crippen molar-refractivity contribution in [1.29, 1.82) is 0 Å². The third-order valence-corrected chi connectivity index (χ3v) is 7.39. The maximum absolute atomic E-state index is 5.66. The first-order valence-corrected chi connectivity index (χ1v) is 9.88. The number of benzene rings is 1. The highest BCUT2D eigenvalue weighted by Crippen LogP contribution is 2.41. The molecule has 4 atom stereocenters. The van der Waals surface area contributed by atoms with Gasteiger partial charge >= 0.3 is 0 Å². The maximum atomic E-state index is 5.66. The third kappa shape index (κ3) is 4.57. The zero-order valence-electron chi connectivity index (χ0n) is 13.5. The minimum atomic E-state index is 0.405. The van der Waals surface area contributed by atoms with Crippen molar-refractivity contribution in [2.45, 2.75) is 49.5 Å². The SMILES string of the molecule is CCNC(c1cccc(OCC)c1)C1CSC(C)C(C)S1. The lowest BCUT2D eigenvalue weighted by Gasteiger charge is -2.36. The average molecular weight is 326 g/mol. The molecule has 0 aromatic heterocycles. The summed E-state index contributed by atoms with van der Waals surface area (Å²) < 4.78 is 5.66. The van der Waals surface area contributed by atoms with Crippen molar-refractivity contribution in [2.24, 2.45) is 0 Å². The van der Waals surface area contributed by atoms with Crippen molar-refractivity contribution < 1.29 is 4.74 Å². The summed E-state index contributed by atoms with van der Waals surface area (Å²) >= 11 is 4.24. The zero-order chi connectivity index (χ0) is 15.2. The Labute approximate surface area is 137 Å². The minimum absolute atomic E-state index is 0.405. The highest BCUT2D eigenvalue weighted by molar-refractivity contribution is 8.07. The van der Waals surface area contributed by atoms with Gasteiger partial charge < -0.3 is 10.1 Å². The molecule has 0 aliphatic carbocycles. The van der Waals surface area contributed by atoms with Crippen LogP contribution in [0.2, 0.25) is 0 Å². The molecule has 4 unspecified atom stereocenters. The molecule has 1 heterocycles. The van der Waals surface area contributed by atoms with Crippen molar-refractivity contribution in [3.8, 4) is 5.75 Å². The molecule has 1 fully saturated rings. The van der Waals surface area contributed by atoms with E-state index in [0.29, 0.717) is 16.5 Å². The predicted octanol–water partition coefficient (Wildman–Crippen LogP) is 4.36. The van der Waals surface area contributed by atoms with Crippen LogP contribution in [0.3, 0.4) is 0 Å². The van der Waals surface area contributed by atoms with Gasteiger partial charge in [0.2, 0.25) is 0 Å². The zero-order valence-corrected chi connectivity index (χ0v) is 15.1. The Morgan fingerprint density at radius 1 is 1.29 bits per heavy atom. The van der Waals surface area contributed by atoms with E-state index < -0.39 is 0 Å². The molecular formula is C17H27NOS2. The lowest BCUT2D eigenvalue weighted by molar-refractivity contribution is 0.339. The van der Waals surface area contributed by atoms with E-state index in [2.05, 4.69) is 67.8 Å². The second-order valence-electron chi connectivity index (χ2n) is 5.46. The Morgan fingerprint density at radius 3 is 2.76 bits per heavy atom. The van der Waals surface area contributed by atoms with Crippen molar-refractivity contribution in [3.05, 3.63) is 29.8 Å². The minimum Gasteiger partial charge on any atom is -0.494 e. The van der Waals surface area contributed by atoms with Crippen molar-refractivity contribution in [2.75, 3.05) is 18.9 Å². The molecule has 1 aromatic rings. The topological polar surface area (TPSA) is 21.3 Å². The first-order valence-electron chi connectivity index (χ1n) is 7.88. The summed E-state index contributed by atoms with van der Waals surface area (Å²) in [6.07, 6.45) is 0. The first kappa shape index (κ1) is 17.0. The van der Waals surface area contributed by atoms with Gasteiger partial charge in [0.1, 0.15) is 5.75 Å². The van der Waals surface area contributed by atoms with Gasteiger partial charge in [-0.05, 0) is 31.2 Å². The maximum Gasteiger partial charge on any atom is 0.119 e. The van der Waals surface area contributed by atoms with Gasteiger partial charge in [-0.2, -0.15) is 23.5 Å². The highest BCUT2D eigenvalue weighted by Gasteiger charge is 2.31. The van der Waals surface area contributed by atoms with Crippen LogP contribution in [0.25, 0.3) is 0 Å². The van der Waals surface area contributed by atoms with Crippen LogP contribution in [-0.2, 0) is 0 Å². The molecule has 0 amide bonds. The molecule has 21 heavy (non-hydrogen) atoms.